The van der Waals surface area contributed by atoms with Crippen molar-refractivity contribution in [2.75, 3.05) is 0 Å². The van der Waals surface area contributed by atoms with Crippen molar-refractivity contribution in [3.8, 4) is 5.69 Å². The molecule has 1 aromatic carbocycles. The Labute approximate surface area is 109 Å². The van der Waals surface area contributed by atoms with Crippen molar-refractivity contribution in [3.05, 3.63) is 54.9 Å². The van der Waals surface area contributed by atoms with E-state index in [1.165, 1.54) is 6.20 Å². The van der Waals surface area contributed by atoms with Gasteiger partial charge < -0.3 is 0 Å². The zero-order valence-electron chi connectivity index (χ0n) is 9.76. The number of hydrogen-bond acceptors (Lipinski definition) is 3. The summed E-state index contributed by atoms with van der Waals surface area (Å²) in [5.74, 6) is 0. The van der Waals surface area contributed by atoms with Gasteiger partial charge >= 0.3 is 0 Å². The Morgan fingerprint density at radius 2 is 1.79 bits per heavy atom. The number of nitrogens with zero attached hydrogens (tertiary/aromatic N) is 2. The molecule has 0 amide bonds. The molecule has 0 unspecified atom stereocenters. The Hall–Kier alpha value is -2.18. The molecule has 0 fully saturated rings. The van der Waals surface area contributed by atoms with Crippen molar-refractivity contribution in [1.82, 2.24) is 9.55 Å². The summed E-state index contributed by atoms with van der Waals surface area (Å²) in [6.07, 6.45) is 2.96. The Kier molecular flexibility index (Phi) is 2.62. The summed E-state index contributed by atoms with van der Waals surface area (Å²) < 4.78 is 33.7. The lowest BCUT2D eigenvalue weighted by molar-refractivity contribution is 0.484. The van der Waals surface area contributed by atoms with Gasteiger partial charge in [0.15, 0.2) is 0 Å². The molecule has 0 aliphatic rings. The molecule has 0 spiro atoms. The lowest BCUT2D eigenvalue weighted by Gasteiger charge is -2.02. The van der Waals surface area contributed by atoms with Crippen LogP contribution in [-0.2, 0) is 10.1 Å². The fourth-order valence-electron chi connectivity index (χ4n) is 2.02. The van der Waals surface area contributed by atoms with Crippen LogP contribution in [0.25, 0.3) is 16.7 Å². The lowest BCUT2D eigenvalue weighted by Crippen LogP contribution is -1.96. The zero-order valence-corrected chi connectivity index (χ0v) is 10.6. The van der Waals surface area contributed by atoms with Crippen LogP contribution >= 0.6 is 0 Å². The molecule has 0 bridgehead atoms. The second-order valence-electron chi connectivity index (χ2n) is 4.05. The molecule has 2 heterocycles. The molecule has 0 saturated carbocycles. The molecule has 96 valence electrons. The van der Waals surface area contributed by atoms with Crippen molar-refractivity contribution in [2.45, 2.75) is 4.90 Å². The third-order valence-corrected chi connectivity index (χ3v) is 3.72. The molecule has 1 N–H and O–H groups in total. The number of fused-ring (bicyclic) bond motifs is 1. The van der Waals surface area contributed by atoms with Crippen molar-refractivity contribution >= 4 is 21.2 Å². The molecule has 5 nitrogen and oxygen atoms in total. The summed E-state index contributed by atoms with van der Waals surface area (Å²) in [4.78, 5) is 4.04. The van der Waals surface area contributed by atoms with E-state index in [2.05, 4.69) is 4.98 Å². The molecule has 0 radical (unpaired) electrons. The minimum Gasteiger partial charge on any atom is -0.300 e. The van der Waals surface area contributed by atoms with E-state index in [0.29, 0.717) is 11.0 Å². The van der Waals surface area contributed by atoms with Crippen molar-refractivity contribution < 1.29 is 13.0 Å². The fourth-order valence-corrected chi connectivity index (χ4v) is 2.70. The molecular weight excluding hydrogens is 264 g/mol. The van der Waals surface area contributed by atoms with Gasteiger partial charge in [-0.1, -0.05) is 18.2 Å². The van der Waals surface area contributed by atoms with Crippen LogP contribution in [0.15, 0.2) is 59.8 Å². The van der Waals surface area contributed by atoms with Gasteiger partial charge in [-0.05, 0) is 24.3 Å². The highest BCUT2D eigenvalue weighted by molar-refractivity contribution is 7.86. The molecule has 6 heteroatoms. The van der Waals surface area contributed by atoms with Gasteiger partial charge in [-0.25, -0.2) is 4.98 Å². The van der Waals surface area contributed by atoms with Gasteiger partial charge in [-0.3, -0.25) is 9.12 Å². The molecular formula is C13H10N2O3S. The molecule has 3 rings (SSSR count). The van der Waals surface area contributed by atoms with Crippen molar-refractivity contribution in [2.24, 2.45) is 0 Å². The largest absolute Gasteiger partial charge is 0.300 e. The normalized spacial score (nSPS) is 11.8. The summed E-state index contributed by atoms with van der Waals surface area (Å²) in [6, 6.07) is 12.5. The second-order valence-corrected chi connectivity index (χ2v) is 5.44. The number of rotatable bonds is 2. The fraction of sp³-hybridized carbons (Fsp3) is 0. The summed E-state index contributed by atoms with van der Waals surface area (Å²) in [6.45, 7) is 0. The number of benzene rings is 1. The topological polar surface area (TPSA) is 72.2 Å². The van der Waals surface area contributed by atoms with Gasteiger partial charge in [-0.15, -0.1) is 0 Å². The van der Waals surface area contributed by atoms with Crippen LogP contribution in [0.5, 0.6) is 0 Å². The highest BCUT2D eigenvalue weighted by Gasteiger charge is 2.19. The summed E-state index contributed by atoms with van der Waals surface area (Å²) in [5, 5.41) is 0.397. The SMILES string of the molecule is O=S(=O)(O)c1cn(-c2ccccc2)c2ncccc12. The number of pyridine rings is 1. The summed E-state index contributed by atoms with van der Waals surface area (Å²) in [5.41, 5.74) is 1.27. The third-order valence-electron chi connectivity index (χ3n) is 2.84. The number of para-hydroxylation sites is 1. The standard InChI is InChI=1S/C13H10N2O3S/c16-19(17,18)12-9-15(10-5-2-1-3-6-10)13-11(12)7-4-8-14-13/h1-9H,(H,16,17,18). The molecule has 2 aromatic heterocycles. The van der Waals surface area contributed by atoms with Crippen LogP contribution in [0.4, 0.5) is 0 Å². The van der Waals surface area contributed by atoms with E-state index in [1.807, 2.05) is 30.3 Å². The van der Waals surface area contributed by atoms with E-state index in [-0.39, 0.29) is 4.90 Å². The monoisotopic (exact) mass is 274 g/mol. The lowest BCUT2D eigenvalue weighted by atomic mass is 10.3. The second kappa shape index (κ2) is 4.18. The van der Waals surface area contributed by atoms with E-state index in [0.717, 1.165) is 5.69 Å². The predicted molar refractivity (Wildman–Crippen MR) is 70.9 cm³/mol. The first-order valence-corrected chi connectivity index (χ1v) is 7.00. The molecule has 0 saturated heterocycles. The first-order valence-electron chi connectivity index (χ1n) is 5.56. The van der Waals surface area contributed by atoms with Crippen LogP contribution in [0, 0.1) is 0 Å². The molecule has 19 heavy (non-hydrogen) atoms. The van der Waals surface area contributed by atoms with Gasteiger partial charge in [0.1, 0.15) is 10.5 Å². The van der Waals surface area contributed by atoms with Gasteiger partial charge in [0, 0.05) is 23.5 Å². The Morgan fingerprint density at radius 3 is 2.47 bits per heavy atom. The molecule has 3 aromatic rings. The maximum atomic E-state index is 11.4. The summed E-state index contributed by atoms with van der Waals surface area (Å²) in [7, 11) is -4.28. The van der Waals surface area contributed by atoms with Crippen LogP contribution in [0.3, 0.4) is 0 Å². The van der Waals surface area contributed by atoms with Crippen LogP contribution in [-0.4, -0.2) is 22.5 Å². The van der Waals surface area contributed by atoms with Gasteiger partial charge in [0.25, 0.3) is 10.1 Å². The van der Waals surface area contributed by atoms with E-state index in [4.69, 9.17) is 0 Å². The quantitative estimate of drug-likeness (QED) is 0.728. The number of hydrogen-bond donors (Lipinski definition) is 1. The minimum atomic E-state index is -4.28. The molecule has 0 aliphatic carbocycles. The predicted octanol–water partition coefficient (Wildman–Crippen LogP) is 2.27. The van der Waals surface area contributed by atoms with E-state index in [1.54, 1.807) is 22.9 Å². The average molecular weight is 274 g/mol. The highest BCUT2D eigenvalue weighted by Crippen LogP contribution is 2.26. The summed E-state index contributed by atoms with van der Waals surface area (Å²) >= 11 is 0. The van der Waals surface area contributed by atoms with Crippen molar-refractivity contribution in [1.29, 1.82) is 0 Å². The van der Waals surface area contributed by atoms with Crippen molar-refractivity contribution in [3.63, 3.8) is 0 Å². The Morgan fingerprint density at radius 1 is 1.05 bits per heavy atom. The smallest absolute Gasteiger partial charge is 0.296 e. The first-order chi connectivity index (χ1) is 9.07. The zero-order chi connectivity index (χ0) is 13.5. The molecule has 0 atom stereocenters. The maximum Gasteiger partial charge on any atom is 0.296 e. The Balaban J connectivity index is 2.39. The third kappa shape index (κ3) is 2.00. The highest BCUT2D eigenvalue weighted by atomic mass is 32.2. The van der Waals surface area contributed by atoms with E-state index < -0.39 is 10.1 Å². The average Bonchev–Trinajstić information content (AvgIpc) is 2.79. The molecule has 0 aliphatic heterocycles. The first kappa shape index (κ1) is 11.9. The van der Waals surface area contributed by atoms with Crippen LogP contribution in [0.1, 0.15) is 0 Å². The van der Waals surface area contributed by atoms with Crippen LogP contribution in [0.2, 0.25) is 0 Å². The maximum absolute atomic E-state index is 11.4. The number of aromatic nitrogens is 2. The minimum absolute atomic E-state index is 0.139. The van der Waals surface area contributed by atoms with Gasteiger partial charge in [0.05, 0.1) is 0 Å². The van der Waals surface area contributed by atoms with E-state index in [9.17, 15) is 13.0 Å². The van der Waals surface area contributed by atoms with Crippen LogP contribution < -0.4 is 0 Å². The van der Waals surface area contributed by atoms with Gasteiger partial charge in [0.2, 0.25) is 0 Å². The van der Waals surface area contributed by atoms with Gasteiger partial charge in [-0.2, -0.15) is 8.42 Å². The Bertz CT molecular complexity index is 839. The van der Waals surface area contributed by atoms with E-state index >= 15 is 0 Å².